The van der Waals surface area contributed by atoms with Crippen LogP contribution < -0.4 is 10.9 Å². The Morgan fingerprint density at radius 3 is 2.45 bits per heavy atom. The van der Waals surface area contributed by atoms with Gasteiger partial charge in [0.1, 0.15) is 9.71 Å². The van der Waals surface area contributed by atoms with E-state index >= 15 is 0 Å². The van der Waals surface area contributed by atoms with E-state index in [0.29, 0.717) is 26.5 Å². The monoisotopic (exact) mass is 482 g/mol. The van der Waals surface area contributed by atoms with E-state index in [0.717, 1.165) is 28.8 Å². The Morgan fingerprint density at radius 1 is 1.09 bits per heavy atom. The molecule has 0 bridgehead atoms. The number of fused-ring (bicyclic) bond motifs is 1. The van der Waals surface area contributed by atoms with Gasteiger partial charge in [0.2, 0.25) is 0 Å². The number of hydrogen-bond acceptors (Lipinski definition) is 7. The Bertz CT molecular complexity index is 1520. The van der Waals surface area contributed by atoms with Crippen LogP contribution in [0.3, 0.4) is 0 Å². The molecule has 2 aromatic carbocycles. The highest BCUT2D eigenvalue weighted by Gasteiger charge is 2.23. The lowest BCUT2D eigenvalue weighted by Crippen LogP contribution is -2.16. The number of rotatable bonds is 6. The Hall–Kier alpha value is -3.43. The minimum absolute atomic E-state index is 0.159. The van der Waals surface area contributed by atoms with Crippen molar-refractivity contribution in [3.8, 4) is 5.69 Å². The molecule has 7 nitrogen and oxygen atoms in total. The van der Waals surface area contributed by atoms with Crippen molar-refractivity contribution < 1.29 is 17.9 Å². The number of benzene rings is 2. The highest BCUT2D eigenvalue weighted by Crippen LogP contribution is 2.38. The molecule has 1 N–H and O–H groups in total. The fraction of sp³-hybridized carbons (Fsp3) is 0.167. The van der Waals surface area contributed by atoms with E-state index in [1.165, 1.54) is 22.8 Å². The number of sulfone groups is 1. The number of carbonyl (C=O) groups excluding carboxylic acids is 1. The van der Waals surface area contributed by atoms with Gasteiger partial charge in [0.05, 0.1) is 22.9 Å². The summed E-state index contributed by atoms with van der Waals surface area (Å²) in [4.78, 5) is 26.7. The first-order chi connectivity index (χ1) is 15.7. The second-order valence-corrected chi connectivity index (χ2v) is 10.5. The molecule has 0 aliphatic heterocycles. The summed E-state index contributed by atoms with van der Waals surface area (Å²) in [5.41, 5.74) is 2.61. The molecule has 0 spiro atoms. The van der Waals surface area contributed by atoms with Crippen LogP contribution in [-0.2, 0) is 14.6 Å². The standard InChI is InChI=1S/C24H22N2O5S2/c1-4-31-24(28)22-21(25-16-7-5-6-15(2)14-16)19-12-13-20(27)26(23(19)32-22)17-8-10-18(11-9-17)33(3,29)30/h5-14,25H,4H2,1-3H3. The first-order valence-electron chi connectivity index (χ1n) is 10.2. The maximum Gasteiger partial charge on any atom is 0.350 e. The minimum atomic E-state index is -3.37. The van der Waals surface area contributed by atoms with Crippen molar-refractivity contribution in [2.45, 2.75) is 18.7 Å². The molecule has 0 fully saturated rings. The SMILES string of the molecule is CCOC(=O)c1sc2c(ccc(=O)n2-c2ccc(S(C)(=O)=O)cc2)c1Nc1cccc(C)c1. The fourth-order valence-corrected chi connectivity index (χ4v) is 5.30. The number of nitrogens with one attached hydrogen (secondary N) is 1. The molecule has 2 heterocycles. The zero-order valence-corrected chi connectivity index (χ0v) is 19.9. The molecule has 2 aromatic heterocycles. The largest absolute Gasteiger partial charge is 0.462 e. The van der Waals surface area contributed by atoms with Crippen molar-refractivity contribution in [2.75, 3.05) is 18.2 Å². The summed E-state index contributed by atoms with van der Waals surface area (Å²) in [5, 5.41) is 3.99. The summed E-state index contributed by atoms with van der Waals surface area (Å²) in [7, 11) is -3.37. The molecule has 9 heteroatoms. The Kier molecular flexibility index (Phi) is 6.09. The van der Waals surface area contributed by atoms with Gasteiger partial charge in [-0.1, -0.05) is 12.1 Å². The van der Waals surface area contributed by atoms with Gasteiger partial charge in [-0.2, -0.15) is 0 Å². The summed E-state index contributed by atoms with van der Waals surface area (Å²) < 4.78 is 30.4. The van der Waals surface area contributed by atoms with Crippen molar-refractivity contribution in [2.24, 2.45) is 0 Å². The molecular formula is C24H22N2O5S2. The van der Waals surface area contributed by atoms with Crippen LogP contribution in [-0.4, -0.2) is 31.8 Å². The molecule has 0 saturated carbocycles. The zero-order valence-electron chi connectivity index (χ0n) is 18.3. The Balaban J connectivity index is 1.93. The molecule has 0 aliphatic rings. The lowest BCUT2D eigenvalue weighted by atomic mass is 10.2. The number of aryl methyl sites for hydroxylation is 1. The first-order valence-corrected chi connectivity index (χ1v) is 12.9. The zero-order chi connectivity index (χ0) is 23.8. The number of thiophene rings is 1. The number of aromatic nitrogens is 1. The molecule has 0 unspecified atom stereocenters. The molecule has 170 valence electrons. The maximum atomic E-state index is 12.8. The van der Waals surface area contributed by atoms with Crippen LogP contribution in [0.15, 0.2) is 70.4 Å². The topological polar surface area (TPSA) is 94.5 Å². The van der Waals surface area contributed by atoms with E-state index in [2.05, 4.69) is 5.32 Å². The number of carbonyl (C=O) groups is 1. The van der Waals surface area contributed by atoms with Crippen molar-refractivity contribution in [1.29, 1.82) is 0 Å². The van der Waals surface area contributed by atoms with Crippen molar-refractivity contribution in [3.05, 3.63) is 81.5 Å². The normalized spacial score (nSPS) is 11.5. The fourth-order valence-electron chi connectivity index (χ4n) is 3.50. The number of nitrogens with zero attached hydrogens (tertiary/aromatic N) is 1. The third-order valence-electron chi connectivity index (χ3n) is 5.01. The third kappa shape index (κ3) is 4.55. The first kappa shape index (κ1) is 22.8. The van der Waals surface area contributed by atoms with Gasteiger partial charge in [0.25, 0.3) is 5.56 Å². The molecular weight excluding hydrogens is 460 g/mol. The van der Waals surface area contributed by atoms with Crippen molar-refractivity contribution >= 4 is 48.7 Å². The number of hydrogen-bond donors (Lipinski definition) is 1. The average Bonchev–Trinajstić information content (AvgIpc) is 3.11. The van der Waals surface area contributed by atoms with Crippen LogP contribution in [0, 0.1) is 6.92 Å². The van der Waals surface area contributed by atoms with Crippen LogP contribution >= 0.6 is 11.3 Å². The van der Waals surface area contributed by atoms with Gasteiger partial charge in [-0.05, 0) is 61.9 Å². The summed E-state index contributed by atoms with van der Waals surface area (Å²) in [6.07, 6.45) is 1.13. The lowest BCUT2D eigenvalue weighted by Gasteiger charge is -2.10. The van der Waals surface area contributed by atoms with Gasteiger partial charge in [-0.25, -0.2) is 13.2 Å². The minimum Gasteiger partial charge on any atom is -0.462 e. The number of ether oxygens (including phenoxy) is 1. The lowest BCUT2D eigenvalue weighted by molar-refractivity contribution is 0.0533. The average molecular weight is 483 g/mol. The van der Waals surface area contributed by atoms with Crippen LogP contribution in [0.2, 0.25) is 0 Å². The van der Waals surface area contributed by atoms with Gasteiger partial charge in [0, 0.05) is 23.4 Å². The molecule has 0 amide bonds. The highest BCUT2D eigenvalue weighted by atomic mass is 32.2. The van der Waals surface area contributed by atoms with E-state index in [1.54, 1.807) is 25.1 Å². The van der Waals surface area contributed by atoms with E-state index in [1.807, 2.05) is 31.2 Å². The molecule has 33 heavy (non-hydrogen) atoms. The molecule has 0 saturated heterocycles. The molecule has 4 rings (SSSR count). The Morgan fingerprint density at radius 2 is 1.82 bits per heavy atom. The number of pyridine rings is 1. The van der Waals surface area contributed by atoms with Crippen LogP contribution in [0.25, 0.3) is 15.9 Å². The van der Waals surface area contributed by atoms with Gasteiger partial charge in [0.15, 0.2) is 9.84 Å². The molecule has 4 aromatic rings. The second-order valence-electron chi connectivity index (χ2n) is 7.51. The van der Waals surface area contributed by atoms with E-state index in [4.69, 9.17) is 4.74 Å². The van der Waals surface area contributed by atoms with Crippen LogP contribution in [0.4, 0.5) is 11.4 Å². The summed E-state index contributed by atoms with van der Waals surface area (Å²) >= 11 is 1.15. The molecule has 0 radical (unpaired) electrons. The van der Waals surface area contributed by atoms with Crippen LogP contribution in [0.5, 0.6) is 0 Å². The quantitative estimate of drug-likeness (QED) is 0.401. The molecule has 0 aliphatic carbocycles. The summed E-state index contributed by atoms with van der Waals surface area (Å²) in [6.45, 7) is 3.93. The predicted molar refractivity (Wildman–Crippen MR) is 131 cm³/mol. The van der Waals surface area contributed by atoms with Crippen LogP contribution in [0.1, 0.15) is 22.2 Å². The summed E-state index contributed by atoms with van der Waals surface area (Å²) in [6, 6.07) is 16.9. The van der Waals surface area contributed by atoms with Gasteiger partial charge < -0.3 is 10.1 Å². The van der Waals surface area contributed by atoms with Gasteiger partial charge >= 0.3 is 5.97 Å². The maximum absolute atomic E-state index is 12.8. The molecule has 0 atom stereocenters. The Labute approximate surface area is 195 Å². The third-order valence-corrected chi connectivity index (χ3v) is 7.31. The summed E-state index contributed by atoms with van der Waals surface area (Å²) in [5.74, 6) is -0.486. The number of anilines is 2. The van der Waals surface area contributed by atoms with Gasteiger partial charge in [-0.3, -0.25) is 9.36 Å². The van der Waals surface area contributed by atoms with Gasteiger partial charge in [-0.15, -0.1) is 11.3 Å². The van der Waals surface area contributed by atoms with Crippen molar-refractivity contribution in [1.82, 2.24) is 4.57 Å². The van der Waals surface area contributed by atoms with E-state index < -0.39 is 15.8 Å². The predicted octanol–water partition coefficient (Wildman–Crippen LogP) is 4.68. The number of esters is 1. The highest BCUT2D eigenvalue weighted by molar-refractivity contribution is 7.90. The second kappa shape index (κ2) is 8.84. The smallest absolute Gasteiger partial charge is 0.350 e. The van der Waals surface area contributed by atoms with Crippen molar-refractivity contribution in [3.63, 3.8) is 0 Å². The van der Waals surface area contributed by atoms with E-state index in [-0.39, 0.29) is 17.1 Å². The van der Waals surface area contributed by atoms with E-state index in [9.17, 15) is 18.0 Å².